The summed E-state index contributed by atoms with van der Waals surface area (Å²) in [5, 5.41) is 15.1. The van der Waals surface area contributed by atoms with Crippen molar-refractivity contribution in [3.63, 3.8) is 0 Å². The van der Waals surface area contributed by atoms with Crippen LogP contribution >= 0.6 is 22.9 Å². The molecule has 2 aromatic carbocycles. The number of thiazole rings is 1. The van der Waals surface area contributed by atoms with E-state index in [1.807, 2.05) is 0 Å². The van der Waals surface area contributed by atoms with Crippen molar-refractivity contribution < 1.29 is 18.1 Å². The van der Waals surface area contributed by atoms with Gasteiger partial charge in [-0.05, 0) is 35.8 Å². The van der Waals surface area contributed by atoms with E-state index in [4.69, 9.17) is 11.6 Å². The maximum Gasteiger partial charge on any atom is 0.416 e. The molecule has 0 fully saturated rings. The number of hydrogen-bond donors (Lipinski definition) is 0. The fourth-order valence-corrected chi connectivity index (χ4v) is 4.27. The average Bonchev–Trinajstić information content (AvgIpc) is 3.26. The zero-order chi connectivity index (χ0) is 23.0. The largest absolute Gasteiger partial charge is 0.416 e. The summed E-state index contributed by atoms with van der Waals surface area (Å²) in [6.45, 7) is 0. The van der Waals surface area contributed by atoms with Crippen LogP contribution in [0, 0.1) is 10.1 Å². The van der Waals surface area contributed by atoms with Gasteiger partial charge in [-0.3, -0.25) is 14.9 Å². The second-order valence-corrected chi connectivity index (χ2v) is 8.18. The van der Waals surface area contributed by atoms with Crippen molar-refractivity contribution in [3.8, 4) is 0 Å². The van der Waals surface area contributed by atoms with Crippen LogP contribution in [0.25, 0.3) is 11.0 Å². The van der Waals surface area contributed by atoms with Crippen molar-refractivity contribution in [1.29, 1.82) is 0 Å². The molecule has 7 nitrogen and oxygen atoms in total. The Kier molecular flexibility index (Phi) is 5.70. The minimum Gasteiger partial charge on any atom is -0.266 e. The summed E-state index contributed by atoms with van der Waals surface area (Å²) < 4.78 is 40.7. The lowest BCUT2D eigenvalue weighted by molar-refractivity contribution is -0.384. The molecule has 4 aromatic rings. The van der Waals surface area contributed by atoms with Crippen LogP contribution in [0.5, 0.6) is 0 Å². The van der Waals surface area contributed by atoms with Crippen molar-refractivity contribution in [2.45, 2.75) is 19.0 Å². The van der Waals surface area contributed by atoms with Crippen LogP contribution in [-0.2, 0) is 19.0 Å². The summed E-state index contributed by atoms with van der Waals surface area (Å²) in [5.74, 6) is 0.249. The first-order chi connectivity index (χ1) is 15.1. The third-order valence-corrected chi connectivity index (χ3v) is 5.91. The van der Waals surface area contributed by atoms with Crippen molar-refractivity contribution in [1.82, 2.24) is 14.6 Å². The van der Waals surface area contributed by atoms with E-state index in [0.29, 0.717) is 5.56 Å². The molecule has 2 aromatic heterocycles. The number of nitro groups is 1. The standard InChI is InChI=1S/C20H12ClF3N4O3S/c21-14-7-5-11(9-15(14)28(30)31)10-16-18(29)27-19(32-16)25-17(26-27)8-6-12-3-1-2-4-13(12)20(22,23)24/h1-5,7,9-10H,6,8H2/b16-10-. The van der Waals surface area contributed by atoms with Crippen molar-refractivity contribution >= 4 is 39.7 Å². The van der Waals surface area contributed by atoms with E-state index in [1.54, 1.807) is 0 Å². The molecular weight excluding hydrogens is 469 g/mol. The quantitative estimate of drug-likeness (QED) is 0.317. The monoisotopic (exact) mass is 480 g/mol. The lowest BCUT2D eigenvalue weighted by Crippen LogP contribution is -2.23. The van der Waals surface area contributed by atoms with Crippen LogP contribution in [-0.4, -0.2) is 19.5 Å². The van der Waals surface area contributed by atoms with E-state index in [2.05, 4.69) is 10.1 Å². The van der Waals surface area contributed by atoms with Gasteiger partial charge < -0.3 is 0 Å². The third-order valence-electron chi connectivity index (χ3n) is 4.63. The Hall–Kier alpha value is -3.31. The van der Waals surface area contributed by atoms with Crippen LogP contribution in [0.15, 0.2) is 47.3 Å². The number of halogens is 4. The molecule has 0 aliphatic heterocycles. The molecule has 0 unspecified atom stereocenters. The smallest absolute Gasteiger partial charge is 0.266 e. The van der Waals surface area contributed by atoms with Gasteiger partial charge in [-0.15, -0.1) is 5.10 Å². The van der Waals surface area contributed by atoms with Gasteiger partial charge in [0, 0.05) is 12.5 Å². The van der Waals surface area contributed by atoms with E-state index < -0.39 is 22.2 Å². The summed E-state index contributed by atoms with van der Waals surface area (Å²) in [5.41, 5.74) is -0.934. The van der Waals surface area contributed by atoms with E-state index in [1.165, 1.54) is 42.5 Å². The van der Waals surface area contributed by atoms with E-state index in [0.717, 1.165) is 21.9 Å². The Labute approximate surface area is 186 Å². The van der Waals surface area contributed by atoms with Gasteiger partial charge in [0.15, 0.2) is 5.82 Å². The number of aromatic nitrogens is 3. The Bertz CT molecular complexity index is 1450. The van der Waals surface area contributed by atoms with Crippen LogP contribution in [0.4, 0.5) is 18.9 Å². The third kappa shape index (κ3) is 4.34. The molecule has 0 saturated heterocycles. The second-order valence-electron chi connectivity index (χ2n) is 6.76. The number of hydrogen-bond acceptors (Lipinski definition) is 6. The summed E-state index contributed by atoms with van der Waals surface area (Å²) in [6, 6.07) is 9.43. The highest BCUT2D eigenvalue weighted by atomic mass is 35.5. The number of aryl methyl sites for hydroxylation is 2. The number of alkyl halides is 3. The van der Waals surface area contributed by atoms with Crippen molar-refractivity contribution in [3.05, 3.63) is 95.0 Å². The number of benzene rings is 2. The number of nitro benzene ring substituents is 1. The highest BCUT2D eigenvalue weighted by Crippen LogP contribution is 2.32. The molecule has 12 heteroatoms. The Morgan fingerprint density at radius 1 is 1.19 bits per heavy atom. The zero-order valence-corrected chi connectivity index (χ0v) is 17.5. The summed E-state index contributed by atoms with van der Waals surface area (Å²) in [7, 11) is 0. The zero-order valence-electron chi connectivity index (χ0n) is 16.0. The van der Waals surface area contributed by atoms with E-state index in [-0.39, 0.29) is 44.4 Å². The second kappa shape index (κ2) is 8.32. The summed E-state index contributed by atoms with van der Waals surface area (Å²) in [6.07, 6.45) is -2.80. The normalized spacial score (nSPS) is 12.6. The minimum absolute atomic E-state index is 0.0196. The lowest BCUT2D eigenvalue weighted by atomic mass is 10.0. The van der Waals surface area contributed by atoms with Crippen LogP contribution in [0.3, 0.4) is 0 Å². The lowest BCUT2D eigenvalue weighted by Gasteiger charge is -2.11. The summed E-state index contributed by atoms with van der Waals surface area (Å²) in [4.78, 5) is 27.6. The molecule has 0 radical (unpaired) electrons. The first-order valence-corrected chi connectivity index (χ1v) is 10.3. The number of nitrogens with zero attached hydrogens (tertiary/aromatic N) is 4. The molecule has 4 rings (SSSR count). The topological polar surface area (TPSA) is 90.4 Å². The first-order valence-electron chi connectivity index (χ1n) is 9.12. The van der Waals surface area contributed by atoms with Crippen molar-refractivity contribution in [2.75, 3.05) is 0 Å². The fraction of sp³-hybridized carbons (Fsp3) is 0.150. The van der Waals surface area contributed by atoms with Gasteiger partial charge in [0.2, 0.25) is 4.96 Å². The molecule has 0 saturated carbocycles. The molecule has 32 heavy (non-hydrogen) atoms. The predicted octanol–water partition coefficient (Wildman–Crippen LogP) is 4.06. The molecule has 0 spiro atoms. The highest BCUT2D eigenvalue weighted by Gasteiger charge is 2.32. The summed E-state index contributed by atoms with van der Waals surface area (Å²) >= 11 is 6.82. The van der Waals surface area contributed by atoms with Gasteiger partial charge in [0.25, 0.3) is 11.2 Å². The molecule has 0 atom stereocenters. The maximum absolute atomic E-state index is 13.1. The van der Waals surface area contributed by atoms with Gasteiger partial charge in [0.1, 0.15) is 5.02 Å². The molecule has 0 bridgehead atoms. The number of fused-ring (bicyclic) bond motifs is 1. The van der Waals surface area contributed by atoms with E-state index >= 15 is 0 Å². The Balaban J connectivity index is 1.61. The predicted molar refractivity (Wildman–Crippen MR) is 113 cm³/mol. The van der Waals surface area contributed by atoms with Crippen LogP contribution < -0.4 is 10.1 Å². The Morgan fingerprint density at radius 2 is 1.94 bits per heavy atom. The molecular formula is C20H12ClF3N4O3S. The van der Waals surface area contributed by atoms with Gasteiger partial charge in [-0.25, -0.2) is 4.98 Å². The minimum atomic E-state index is -4.46. The number of rotatable bonds is 5. The van der Waals surface area contributed by atoms with Crippen LogP contribution in [0.1, 0.15) is 22.5 Å². The molecule has 0 N–H and O–H groups in total. The molecule has 0 amide bonds. The maximum atomic E-state index is 13.1. The van der Waals surface area contributed by atoms with Crippen molar-refractivity contribution in [2.24, 2.45) is 0 Å². The molecule has 164 valence electrons. The van der Waals surface area contributed by atoms with Gasteiger partial charge in [0.05, 0.1) is 15.0 Å². The molecule has 0 aliphatic carbocycles. The fourth-order valence-electron chi connectivity index (χ4n) is 3.15. The van der Waals surface area contributed by atoms with Crippen LogP contribution in [0.2, 0.25) is 5.02 Å². The van der Waals surface area contributed by atoms with Gasteiger partial charge in [-0.2, -0.15) is 17.7 Å². The SMILES string of the molecule is O=c1/c(=C/c2ccc(Cl)c([N+](=O)[O-])c2)sc2nc(CCc3ccccc3C(F)(F)F)nn12. The molecule has 2 heterocycles. The Morgan fingerprint density at radius 3 is 2.62 bits per heavy atom. The average molecular weight is 481 g/mol. The first kappa shape index (κ1) is 21.9. The highest BCUT2D eigenvalue weighted by molar-refractivity contribution is 7.15. The molecule has 0 aliphatic rings. The van der Waals surface area contributed by atoms with Gasteiger partial charge in [-0.1, -0.05) is 47.2 Å². The van der Waals surface area contributed by atoms with Gasteiger partial charge >= 0.3 is 6.18 Å². The van der Waals surface area contributed by atoms with E-state index in [9.17, 15) is 28.1 Å².